The van der Waals surface area contributed by atoms with Gasteiger partial charge in [-0.3, -0.25) is 9.59 Å². The lowest BCUT2D eigenvalue weighted by Gasteiger charge is -2.33. The number of fused-ring (bicyclic) bond motifs is 4. The number of hydrogen-bond acceptors (Lipinski definition) is 5. The van der Waals surface area contributed by atoms with E-state index in [4.69, 9.17) is 4.74 Å². The average molecular weight is 407 g/mol. The number of Topliss-reactive ketones (excluding diaryl/α,β-unsaturated/α-hetero) is 1. The van der Waals surface area contributed by atoms with Crippen LogP contribution in [0.4, 0.5) is 0 Å². The highest BCUT2D eigenvalue weighted by molar-refractivity contribution is 5.88. The summed E-state index contributed by atoms with van der Waals surface area (Å²) in [7, 11) is 0. The Kier molecular flexibility index (Phi) is 6.31. The largest absolute Gasteiger partial charge is 0.458 e. The summed E-state index contributed by atoms with van der Waals surface area (Å²) in [5.74, 6) is -0.604. The number of cyclic esters (lactones) is 1. The van der Waals surface area contributed by atoms with E-state index in [2.05, 4.69) is 13.5 Å². The van der Waals surface area contributed by atoms with Crippen LogP contribution in [-0.2, 0) is 14.3 Å². The van der Waals surface area contributed by atoms with E-state index in [0.717, 1.165) is 37.7 Å². The van der Waals surface area contributed by atoms with Gasteiger partial charge in [-0.25, -0.2) is 0 Å². The van der Waals surface area contributed by atoms with Crippen LogP contribution < -0.4 is 0 Å². The number of ketones is 1. The standard InChI is InChI=1S/C24H38O5/c1-14(2)18-11-17-13-23(17,4)9-6-7-16-8-10-24(5,19(25)12-20(26)29-18)22(28)15(3)21(16)27/h15-19,21,25,27H,1,6-13H2,2-5H3/t15-,16-,17-,18+,19+,21-,23+,24-/m1/s1. The summed E-state index contributed by atoms with van der Waals surface area (Å²) in [5, 5.41) is 21.7. The maximum absolute atomic E-state index is 13.1. The van der Waals surface area contributed by atoms with E-state index < -0.39 is 29.5 Å². The van der Waals surface area contributed by atoms with Gasteiger partial charge in [-0.1, -0.05) is 33.8 Å². The molecule has 0 unspecified atom stereocenters. The third-order valence-electron chi connectivity index (χ3n) is 8.28. The molecule has 0 aromatic heterocycles. The first kappa shape index (κ1) is 22.5. The van der Waals surface area contributed by atoms with E-state index in [1.54, 1.807) is 13.8 Å². The van der Waals surface area contributed by atoms with E-state index in [1.807, 2.05) is 6.92 Å². The van der Waals surface area contributed by atoms with Crippen LogP contribution in [0.2, 0.25) is 0 Å². The van der Waals surface area contributed by atoms with Crippen molar-refractivity contribution in [2.45, 2.75) is 97.4 Å². The first-order valence-electron chi connectivity index (χ1n) is 11.2. The van der Waals surface area contributed by atoms with Gasteiger partial charge in [-0.2, -0.15) is 0 Å². The summed E-state index contributed by atoms with van der Waals surface area (Å²) in [5.41, 5.74) is 0.0373. The molecule has 2 bridgehead atoms. The number of aliphatic hydroxyl groups excluding tert-OH is 2. The van der Waals surface area contributed by atoms with Crippen LogP contribution in [0.1, 0.15) is 79.1 Å². The molecule has 2 N–H and O–H groups in total. The summed E-state index contributed by atoms with van der Waals surface area (Å²) in [6.45, 7) is 11.7. The highest BCUT2D eigenvalue weighted by Gasteiger charge is 2.52. The Morgan fingerprint density at radius 3 is 2.52 bits per heavy atom. The third kappa shape index (κ3) is 4.46. The van der Waals surface area contributed by atoms with E-state index in [1.165, 1.54) is 0 Å². The Balaban J connectivity index is 1.87. The van der Waals surface area contributed by atoms with Gasteiger partial charge in [-0.05, 0) is 68.3 Å². The Morgan fingerprint density at radius 1 is 1.17 bits per heavy atom. The van der Waals surface area contributed by atoms with Crippen molar-refractivity contribution < 1.29 is 24.5 Å². The number of rotatable bonds is 1. The molecule has 3 fully saturated rings. The summed E-state index contributed by atoms with van der Waals surface area (Å²) in [6, 6.07) is 0. The fourth-order valence-corrected chi connectivity index (χ4v) is 5.65. The zero-order chi connectivity index (χ0) is 21.6. The maximum Gasteiger partial charge on any atom is 0.309 e. The molecule has 0 radical (unpaired) electrons. The molecule has 0 aromatic carbocycles. The van der Waals surface area contributed by atoms with Crippen molar-refractivity contribution in [2.75, 3.05) is 0 Å². The molecule has 0 amide bonds. The fraction of sp³-hybridized carbons (Fsp3) is 0.833. The molecular formula is C24H38O5. The molecule has 2 aliphatic carbocycles. The number of ether oxygens (including phenoxy) is 1. The van der Waals surface area contributed by atoms with Gasteiger partial charge in [-0.15, -0.1) is 0 Å². The van der Waals surface area contributed by atoms with Crippen LogP contribution in [0.3, 0.4) is 0 Å². The van der Waals surface area contributed by atoms with Crippen LogP contribution in [0, 0.1) is 28.6 Å². The first-order valence-corrected chi connectivity index (χ1v) is 11.2. The second kappa shape index (κ2) is 8.14. The predicted molar refractivity (Wildman–Crippen MR) is 111 cm³/mol. The minimum absolute atomic E-state index is 0.0593. The summed E-state index contributed by atoms with van der Waals surface area (Å²) >= 11 is 0. The topological polar surface area (TPSA) is 83.8 Å². The molecular weight excluding hydrogens is 368 g/mol. The molecule has 164 valence electrons. The van der Waals surface area contributed by atoms with Gasteiger partial charge in [0.25, 0.3) is 0 Å². The van der Waals surface area contributed by atoms with Gasteiger partial charge >= 0.3 is 5.97 Å². The Bertz CT molecular complexity index is 672. The smallest absolute Gasteiger partial charge is 0.309 e. The van der Waals surface area contributed by atoms with E-state index in [9.17, 15) is 19.8 Å². The molecule has 5 nitrogen and oxygen atoms in total. The lowest BCUT2D eigenvalue weighted by atomic mass is 9.72. The van der Waals surface area contributed by atoms with Crippen molar-refractivity contribution in [1.29, 1.82) is 0 Å². The quantitative estimate of drug-likeness (QED) is 0.511. The second-order valence-corrected chi connectivity index (χ2v) is 10.6. The normalized spacial score (nSPS) is 46.7. The number of esters is 1. The second-order valence-electron chi connectivity index (χ2n) is 10.6. The van der Waals surface area contributed by atoms with Crippen molar-refractivity contribution in [3.63, 3.8) is 0 Å². The Hall–Kier alpha value is -1.20. The highest BCUT2D eigenvalue weighted by Crippen LogP contribution is 2.58. The van der Waals surface area contributed by atoms with E-state index in [0.29, 0.717) is 18.8 Å². The summed E-state index contributed by atoms with van der Waals surface area (Å²) in [6.07, 6.45) is 3.72. The van der Waals surface area contributed by atoms with Crippen molar-refractivity contribution in [3.8, 4) is 0 Å². The zero-order valence-electron chi connectivity index (χ0n) is 18.4. The molecule has 1 saturated heterocycles. The molecule has 1 heterocycles. The molecule has 3 rings (SSSR count). The lowest BCUT2D eigenvalue weighted by Crippen LogP contribution is -2.45. The Morgan fingerprint density at radius 2 is 1.86 bits per heavy atom. The predicted octanol–water partition coefficient (Wildman–Crippen LogP) is 3.81. The molecule has 1 aliphatic heterocycles. The third-order valence-corrected chi connectivity index (χ3v) is 8.28. The van der Waals surface area contributed by atoms with Gasteiger partial charge in [0.2, 0.25) is 0 Å². The van der Waals surface area contributed by atoms with Gasteiger partial charge in [0.15, 0.2) is 0 Å². The monoisotopic (exact) mass is 406 g/mol. The van der Waals surface area contributed by atoms with E-state index in [-0.39, 0.29) is 29.6 Å². The van der Waals surface area contributed by atoms with Gasteiger partial charge in [0.1, 0.15) is 11.9 Å². The Labute approximate surface area is 174 Å². The van der Waals surface area contributed by atoms with Gasteiger partial charge in [0.05, 0.1) is 24.0 Å². The van der Waals surface area contributed by atoms with Gasteiger partial charge < -0.3 is 14.9 Å². The highest BCUT2D eigenvalue weighted by atomic mass is 16.5. The van der Waals surface area contributed by atoms with Crippen LogP contribution in [0.5, 0.6) is 0 Å². The fourth-order valence-electron chi connectivity index (χ4n) is 5.65. The van der Waals surface area contributed by atoms with Crippen LogP contribution >= 0.6 is 0 Å². The summed E-state index contributed by atoms with van der Waals surface area (Å²) in [4.78, 5) is 25.8. The van der Waals surface area contributed by atoms with Crippen LogP contribution in [-0.4, -0.2) is 40.3 Å². The lowest BCUT2D eigenvalue weighted by molar-refractivity contribution is -0.154. The molecule has 0 aromatic rings. The molecule has 2 saturated carbocycles. The number of carbonyl (C=O) groups excluding carboxylic acids is 2. The maximum atomic E-state index is 13.1. The van der Waals surface area contributed by atoms with Crippen molar-refractivity contribution in [3.05, 3.63) is 12.2 Å². The number of carbonyl (C=O) groups is 2. The van der Waals surface area contributed by atoms with Crippen molar-refractivity contribution in [2.24, 2.45) is 28.6 Å². The molecule has 5 heteroatoms. The van der Waals surface area contributed by atoms with Crippen LogP contribution in [0.25, 0.3) is 0 Å². The molecule has 29 heavy (non-hydrogen) atoms. The SMILES string of the molecule is C=C(C)[C@@H]1C[C@@H]2C[C@]2(C)CCC[C@@H]2CC[C@@](C)(C(=O)[C@H](C)[C@H]2O)[C@@H](O)CC(=O)O1. The molecule has 8 atom stereocenters. The van der Waals surface area contributed by atoms with Crippen molar-refractivity contribution in [1.82, 2.24) is 0 Å². The average Bonchev–Trinajstić information content (AvgIpc) is 3.30. The molecule has 3 aliphatic rings. The van der Waals surface area contributed by atoms with Crippen LogP contribution in [0.15, 0.2) is 12.2 Å². The molecule has 0 spiro atoms. The minimum Gasteiger partial charge on any atom is -0.458 e. The minimum atomic E-state index is -1.11. The number of hydrogen-bond donors (Lipinski definition) is 2. The van der Waals surface area contributed by atoms with Crippen molar-refractivity contribution >= 4 is 11.8 Å². The van der Waals surface area contributed by atoms with Gasteiger partial charge in [0, 0.05) is 5.92 Å². The zero-order valence-corrected chi connectivity index (χ0v) is 18.4. The van der Waals surface area contributed by atoms with E-state index >= 15 is 0 Å². The summed E-state index contributed by atoms with van der Waals surface area (Å²) < 4.78 is 5.71. The number of aliphatic hydroxyl groups is 2. The first-order chi connectivity index (χ1) is 13.5.